The zero-order valence-corrected chi connectivity index (χ0v) is 13.2. The fraction of sp³-hybridized carbons (Fsp3) is 0.647. The van der Waals surface area contributed by atoms with Crippen molar-refractivity contribution < 1.29 is 9.13 Å². The van der Waals surface area contributed by atoms with Gasteiger partial charge >= 0.3 is 0 Å². The highest BCUT2D eigenvalue weighted by Crippen LogP contribution is 2.43. The van der Waals surface area contributed by atoms with Crippen molar-refractivity contribution in [2.24, 2.45) is 11.7 Å². The van der Waals surface area contributed by atoms with Gasteiger partial charge in [0.2, 0.25) is 0 Å². The van der Waals surface area contributed by atoms with E-state index in [1.165, 1.54) is 31.7 Å². The first-order valence-corrected chi connectivity index (χ1v) is 8.93. The summed E-state index contributed by atoms with van der Waals surface area (Å²) in [6.07, 6.45) is 7.16. The van der Waals surface area contributed by atoms with E-state index in [0.717, 1.165) is 30.1 Å². The molecule has 21 heavy (non-hydrogen) atoms. The van der Waals surface area contributed by atoms with Crippen LogP contribution < -0.4 is 5.73 Å². The van der Waals surface area contributed by atoms with E-state index in [9.17, 15) is 4.39 Å². The smallest absolute Gasteiger partial charge is 0.124 e. The van der Waals surface area contributed by atoms with Crippen LogP contribution in [0, 0.1) is 11.7 Å². The zero-order valence-electron chi connectivity index (χ0n) is 12.4. The molecule has 2 atom stereocenters. The van der Waals surface area contributed by atoms with E-state index >= 15 is 0 Å². The number of ether oxygens (including phenoxy) is 1. The summed E-state index contributed by atoms with van der Waals surface area (Å²) in [7, 11) is 0. The van der Waals surface area contributed by atoms with Crippen molar-refractivity contribution in [3.05, 3.63) is 30.1 Å². The Labute approximate surface area is 130 Å². The lowest BCUT2D eigenvalue weighted by atomic mass is 9.81. The molecule has 0 bridgehead atoms. The van der Waals surface area contributed by atoms with Crippen molar-refractivity contribution in [1.29, 1.82) is 0 Å². The average molecular weight is 309 g/mol. The van der Waals surface area contributed by atoms with Gasteiger partial charge in [-0.2, -0.15) is 0 Å². The van der Waals surface area contributed by atoms with Crippen LogP contribution in [-0.2, 0) is 4.74 Å². The van der Waals surface area contributed by atoms with Crippen LogP contribution in [0.15, 0.2) is 29.2 Å². The van der Waals surface area contributed by atoms with E-state index in [4.69, 9.17) is 10.5 Å². The standard InChI is InChI=1S/C17H24FNOS/c18-14-4-3-5-15(10-14)21-12-16(19)13-6-9-20-17(11-13)7-1-2-8-17/h3-5,10,13,16H,1-2,6-9,11-12,19H2. The second-order valence-electron chi connectivity index (χ2n) is 6.42. The van der Waals surface area contributed by atoms with E-state index in [1.54, 1.807) is 23.9 Å². The fourth-order valence-corrected chi connectivity index (χ4v) is 4.71. The summed E-state index contributed by atoms with van der Waals surface area (Å²) in [6, 6.07) is 6.93. The van der Waals surface area contributed by atoms with Crippen LogP contribution in [-0.4, -0.2) is 24.0 Å². The van der Waals surface area contributed by atoms with Crippen LogP contribution in [0.2, 0.25) is 0 Å². The lowest BCUT2D eigenvalue weighted by molar-refractivity contribution is -0.0951. The molecule has 2 nitrogen and oxygen atoms in total. The Hall–Kier alpha value is -0.580. The molecule has 1 spiro atoms. The Bertz CT molecular complexity index is 476. The molecule has 1 heterocycles. The number of rotatable bonds is 4. The zero-order chi connectivity index (χ0) is 14.7. The van der Waals surface area contributed by atoms with Gasteiger partial charge in [-0.05, 0) is 49.8 Å². The summed E-state index contributed by atoms with van der Waals surface area (Å²) in [4.78, 5) is 0.966. The topological polar surface area (TPSA) is 35.2 Å². The Morgan fingerprint density at radius 2 is 2.19 bits per heavy atom. The van der Waals surface area contributed by atoms with Gasteiger partial charge in [0.25, 0.3) is 0 Å². The van der Waals surface area contributed by atoms with Gasteiger partial charge in [0.15, 0.2) is 0 Å². The molecule has 1 saturated heterocycles. The SMILES string of the molecule is NC(CSc1cccc(F)c1)C1CCOC2(CCCC2)C1. The van der Waals surface area contributed by atoms with Gasteiger partial charge in [-0.1, -0.05) is 18.9 Å². The van der Waals surface area contributed by atoms with E-state index in [0.29, 0.717) is 5.92 Å². The van der Waals surface area contributed by atoms with Crippen molar-refractivity contribution in [3.8, 4) is 0 Å². The minimum absolute atomic E-state index is 0.129. The summed E-state index contributed by atoms with van der Waals surface area (Å²) in [5.74, 6) is 1.21. The summed E-state index contributed by atoms with van der Waals surface area (Å²) in [5.41, 5.74) is 6.54. The number of hydrogen-bond acceptors (Lipinski definition) is 3. The molecular weight excluding hydrogens is 285 g/mol. The third kappa shape index (κ3) is 3.79. The monoisotopic (exact) mass is 309 g/mol. The molecule has 2 fully saturated rings. The largest absolute Gasteiger partial charge is 0.375 e. The minimum Gasteiger partial charge on any atom is -0.375 e. The maximum atomic E-state index is 13.2. The van der Waals surface area contributed by atoms with E-state index in [2.05, 4.69) is 0 Å². The molecular formula is C17H24FNOS. The van der Waals surface area contributed by atoms with Gasteiger partial charge in [0.05, 0.1) is 5.60 Å². The maximum Gasteiger partial charge on any atom is 0.124 e. The van der Waals surface area contributed by atoms with Gasteiger partial charge in [-0.15, -0.1) is 11.8 Å². The van der Waals surface area contributed by atoms with E-state index in [1.807, 2.05) is 6.07 Å². The Morgan fingerprint density at radius 1 is 1.38 bits per heavy atom. The second kappa shape index (κ2) is 6.67. The second-order valence-corrected chi connectivity index (χ2v) is 7.52. The molecule has 2 N–H and O–H groups in total. The van der Waals surface area contributed by atoms with Gasteiger partial charge in [-0.25, -0.2) is 4.39 Å². The molecule has 1 aliphatic carbocycles. The molecule has 2 unspecified atom stereocenters. The van der Waals surface area contributed by atoms with E-state index < -0.39 is 0 Å². The van der Waals surface area contributed by atoms with Crippen LogP contribution in [0.5, 0.6) is 0 Å². The highest BCUT2D eigenvalue weighted by atomic mass is 32.2. The van der Waals surface area contributed by atoms with Crippen LogP contribution in [0.25, 0.3) is 0 Å². The average Bonchev–Trinajstić information content (AvgIpc) is 2.93. The first-order valence-electron chi connectivity index (χ1n) is 7.95. The Kier molecular flexibility index (Phi) is 4.87. The number of hydrogen-bond donors (Lipinski definition) is 1. The van der Waals surface area contributed by atoms with Gasteiger partial charge in [-0.3, -0.25) is 0 Å². The molecule has 1 saturated carbocycles. The lowest BCUT2D eigenvalue weighted by Crippen LogP contribution is -2.44. The normalized spacial score (nSPS) is 26.1. The van der Waals surface area contributed by atoms with Crippen LogP contribution in [0.4, 0.5) is 4.39 Å². The fourth-order valence-electron chi connectivity index (χ4n) is 3.68. The molecule has 0 radical (unpaired) electrons. The first kappa shape index (κ1) is 15.3. The van der Waals surface area contributed by atoms with Crippen molar-refractivity contribution in [2.75, 3.05) is 12.4 Å². The molecule has 1 aromatic rings. The Balaban J connectivity index is 1.54. The van der Waals surface area contributed by atoms with Crippen LogP contribution in [0.1, 0.15) is 38.5 Å². The molecule has 2 aliphatic rings. The number of thioether (sulfide) groups is 1. The third-order valence-corrected chi connectivity index (χ3v) is 6.03. The summed E-state index contributed by atoms with van der Waals surface area (Å²) >= 11 is 1.66. The highest BCUT2D eigenvalue weighted by molar-refractivity contribution is 7.99. The predicted octanol–water partition coefficient (Wildman–Crippen LogP) is 3.98. The third-order valence-electron chi connectivity index (χ3n) is 4.89. The molecule has 1 aliphatic heterocycles. The van der Waals surface area contributed by atoms with Gasteiger partial charge < -0.3 is 10.5 Å². The van der Waals surface area contributed by atoms with E-state index in [-0.39, 0.29) is 17.5 Å². The molecule has 116 valence electrons. The number of nitrogens with two attached hydrogens (primary N) is 1. The van der Waals surface area contributed by atoms with Crippen LogP contribution >= 0.6 is 11.8 Å². The molecule has 0 aromatic heterocycles. The first-order chi connectivity index (χ1) is 10.2. The van der Waals surface area contributed by atoms with Crippen molar-refractivity contribution >= 4 is 11.8 Å². The van der Waals surface area contributed by atoms with Gasteiger partial charge in [0, 0.05) is 23.3 Å². The van der Waals surface area contributed by atoms with Crippen LogP contribution in [0.3, 0.4) is 0 Å². The molecule has 1 aromatic carbocycles. The van der Waals surface area contributed by atoms with Gasteiger partial charge in [0.1, 0.15) is 5.82 Å². The van der Waals surface area contributed by atoms with Crippen molar-refractivity contribution in [1.82, 2.24) is 0 Å². The van der Waals surface area contributed by atoms with Crippen molar-refractivity contribution in [2.45, 2.75) is 55.1 Å². The van der Waals surface area contributed by atoms with Crippen molar-refractivity contribution in [3.63, 3.8) is 0 Å². The lowest BCUT2D eigenvalue weighted by Gasteiger charge is -2.40. The highest BCUT2D eigenvalue weighted by Gasteiger charge is 2.41. The summed E-state index contributed by atoms with van der Waals surface area (Å²) < 4.78 is 19.3. The minimum atomic E-state index is -0.176. The summed E-state index contributed by atoms with van der Waals surface area (Å²) in [5, 5.41) is 0. The summed E-state index contributed by atoms with van der Waals surface area (Å²) in [6.45, 7) is 0.850. The number of halogens is 1. The predicted molar refractivity (Wildman–Crippen MR) is 85.0 cm³/mol. The quantitative estimate of drug-likeness (QED) is 0.854. The Morgan fingerprint density at radius 3 is 2.95 bits per heavy atom. The molecule has 3 rings (SSSR count). The maximum absolute atomic E-state index is 13.2. The number of benzene rings is 1. The molecule has 0 amide bonds. The molecule has 4 heteroatoms.